The zero-order valence-corrected chi connectivity index (χ0v) is 16.2. The van der Waals surface area contributed by atoms with Gasteiger partial charge in [0.2, 0.25) is 0 Å². The van der Waals surface area contributed by atoms with Gasteiger partial charge in [-0.3, -0.25) is 14.5 Å². The molecule has 29 heavy (non-hydrogen) atoms. The number of amides is 1. The van der Waals surface area contributed by atoms with Gasteiger partial charge in [0.1, 0.15) is 5.69 Å². The van der Waals surface area contributed by atoms with Gasteiger partial charge in [-0.2, -0.15) is 5.10 Å². The van der Waals surface area contributed by atoms with Crippen molar-refractivity contribution in [1.29, 1.82) is 0 Å². The second kappa shape index (κ2) is 8.52. The van der Waals surface area contributed by atoms with E-state index in [2.05, 4.69) is 22.4 Å². The Morgan fingerprint density at radius 1 is 0.966 bits per heavy atom. The van der Waals surface area contributed by atoms with E-state index in [4.69, 9.17) is 5.10 Å². The van der Waals surface area contributed by atoms with Crippen LogP contribution in [0.25, 0.3) is 11.3 Å². The Labute approximate surface area is 170 Å². The van der Waals surface area contributed by atoms with Crippen LogP contribution in [0.5, 0.6) is 0 Å². The molecule has 4 aromatic rings. The van der Waals surface area contributed by atoms with Crippen LogP contribution < -0.4 is 5.32 Å². The number of hydrogen-bond donors (Lipinski definition) is 1. The Kier molecular flexibility index (Phi) is 5.47. The summed E-state index contributed by atoms with van der Waals surface area (Å²) in [7, 11) is 0. The van der Waals surface area contributed by atoms with Crippen molar-refractivity contribution in [3.05, 3.63) is 108 Å². The lowest BCUT2D eigenvalue weighted by Crippen LogP contribution is -2.23. The number of aryl methyl sites for hydroxylation is 1. The van der Waals surface area contributed by atoms with Crippen LogP contribution in [0.3, 0.4) is 0 Å². The number of aromatic nitrogens is 3. The SMILES string of the molecule is Cc1ccc(-c2nn(Cc3ccccc3)cc2C(=O)NCc2cccnc2)cc1. The summed E-state index contributed by atoms with van der Waals surface area (Å²) in [4.78, 5) is 17.1. The van der Waals surface area contributed by atoms with E-state index in [1.165, 1.54) is 5.56 Å². The topological polar surface area (TPSA) is 59.8 Å². The first-order valence-electron chi connectivity index (χ1n) is 9.54. The highest BCUT2D eigenvalue weighted by atomic mass is 16.1. The fraction of sp³-hybridized carbons (Fsp3) is 0.125. The van der Waals surface area contributed by atoms with E-state index in [9.17, 15) is 4.79 Å². The number of benzene rings is 2. The first kappa shape index (κ1) is 18.6. The molecular weight excluding hydrogens is 360 g/mol. The number of pyridine rings is 1. The number of hydrogen-bond acceptors (Lipinski definition) is 3. The molecule has 2 heterocycles. The first-order valence-corrected chi connectivity index (χ1v) is 9.54. The molecular formula is C24H22N4O. The van der Waals surface area contributed by atoms with Crippen LogP contribution in [0, 0.1) is 6.92 Å². The fourth-order valence-electron chi connectivity index (χ4n) is 3.14. The molecule has 0 saturated carbocycles. The van der Waals surface area contributed by atoms with E-state index in [1.54, 1.807) is 12.4 Å². The van der Waals surface area contributed by atoms with Gasteiger partial charge in [0, 0.05) is 30.7 Å². The second-order valence-corrected chi connectivity index (χ2v) is 6.98. The monoisotopic (exact) mass is 382 g/mol. The molecule has 0 saturated heterocycles. The molecule has 0 fully saturated rings. The summed E-state index contributed by atoms with van der Waals surface area (Å²) in [6.07, 6.45) is 5.29. The molecule has 0 bridgehead atoms. The lowest BCUT2D eigenvalue weighted by molar-refractivity contribution is 0.0951. The Balaban J connectivity index is 1.62. The molecule has 0 aliphatic carbocycles. The number of rotatable bonds is 6. The summed E-state index contributed by atoms with van der Waals surface area (Å²) < 4.78 is 1.82. The maximum absolute atomic E-state index is 13.0. The lowest BCUT2D eigenvalue weighted by Gasteiger charge is -2.05. The zero-order valence-electron chi connectivity index (χ0n) is 16.2. The quantitative estimate of drug-likeness (QED) is 0.543. The molecule has 1 N–H and O–H groups in total. The van der Waals surface area contributed by atoms with Crippen LogP contribution in [0.1, 0.15) is 27.0 Å². The van der Waals surface area contributed by atoms with Crippen LogP contribution in [-0.4, -0.2) is 20.7 Å². The average Bonchev–Trinajstić information content (AvgIpc) is 3.18. The van der Waals surface area contributed by atoms with Crippen molar-refractivity contribution in [2.75, 3.05) is 0 Å². The first-order chi connectivity index (χ1) is 14.2. The van der Waals surface area contributed by atoms with Gasteiger partial charge in [-0.15, -0.1) is 0 Å². The summed E-state index contributed by atoms with van der Waals surface area (Å²) in [6, 6.07) is 22.0. The minimum atomic E-state index is -0.149. The molecule has 0 aliphatic rings. The number of carbonyl (C=O) groups excluding carboxylic acids is 1. The largest absolute Gasteiger partial charge is 0.348 e. The van der Waals surface area contributed by atoms with E-state index >= 15 is 0 Å². The molecule has 144 valence electrons. The van der Waals surface area contributed by atoms with Crippen molar-refractivity contribution in [2.24, 2.45) is 0 Å². The van der Waals surface area contributed by atoms with Gasteiger partial charge in [-0.05, 0) is 24.1 Å². The molecule has 2 aromatic carbocycles. The minimum Gasteiger partial charge on any atom is -0.348 e. The van der Waals surface area contributed by atoms with Crippen LogP contribution in [0.2, 0.25) is 0 Å². The maximum Gasteiger partial charge on any atom is 0.255 e. The van der Waals surface area contributed by atoms with E-state index < -0.39 is 0 Å². The zero-order chi connectivity index (χ0) is 20.1. The Hall–Kier alpha value is -3.73. The second-order valence-electron chi connectivity index (χ2n) is 6.98. The van der Waals surface area contributed by atoms with Crippen molar-refractivity contribution in [3.8, 4) is 11.3 Å². The third kappa shape index (κ3) is 4.58. The minimum absolute atomic E-state index is 0.149. The Morgan fingerprint density at radius 3 is 2.45 bits per heavy atom. The van der Waals surface area contributed by atoms with E-state index in [1.807, 2.05) is 72.4 Å². The van der Waals surface area contributed by atoms with Gasteiger partial charge >= 0.3 is 0 Å². The van der Waals surface area contributed by atoms with Crippen molar-refractivity contribution in [1.82, 2.24) is 20.1 Å². The van der Waals surface area contributed by atoms with E-state index in [0.29, 0.717) is 24.3 Å². The summed E-state index contributed by atoms with van der Waals surface area (Å²) >= 11 is 0. The molecule has 0 radical (unpaired) electrons. The summed E-state index contributed by atoms with van der Waals surface area (Å²) in [5, 5.41) is 7.71. The average molecular weight is 382 g/mol. The van der Waals surface area contributed by atoms with Crippen molar-refractivity contribution in [2.45, 2.75) is 20.0 Å². The van der Waals surface area contributed by atoms with Gasteiger partial charge < -0.3 is 5.32 Å². The summed E-state index contributed by atoms with van der Waals surface area (Å²) in [5.41, 5.74) is 5.43. The predicted octanol–water partition coefficient (Wildman–Crippen LogP) is 4.23. The van der Waals surface area contributed by atoms with Crippen LogP contribution in [0.15, 0.2) is 85.3 Å². The van der Waals surface area contributed by atoms with Crippen LogP contribution in [-0.2, 0) is 13.1 Å². The molecule has 0 spiro atoms. The smallest absolute Gasteiger partial charge is 0.255 e. The standard InChI is InChI=1S/C24H22N4O/c1-18-9-11-21(12-10-18)23-22(24(29)26-15-20-8-5-13-25-14-20)17-28(27-23)16-19-6-3-2-4-7-19/h2-14,17H,15-16H2,1H3,(H,26,29). The predicted molar refractivity (Wildman–Crippen MR) is 113 cm³/mol. The summed E-state index contributed by atoms with van der Waals surface area (Å²) in [6.45, 7) is 3.07. The van der Waals surface area contributed by atoms with Crippen molar-refractivity contribution < 1.29 is 4.79 Å². The van der Waals surface area contributed by atoms with Gasteiger partial charge in [-0.25, -0.2) is 0 Å². The Morgan fingerprint density at radius 2 is 1.72 bits per heavy atom. The molecule has 4 rings (SSSR count). The number of nitrogens with one attached hydrogen (secondary N) is 1. The molecule has 2 aromatic heterocycles. The third-order valence-electron chi connectivity index (χ3n) is 4.69. The fourth-order valence-corrected chi connectivity index (χ4v) is 3.14. The van der Waals surface area contributed by atoms with Gasteiger partial charge in [-0.1, -0.05) is 66.2 Å². The molecule has 5 heteroatoms. The third-order valence-corrected chi connectivity index (χ3v) is 4.69. The van der Waals surface area contributed by atoms with Gasteiger partial charge in [0.05, 0.1) is 12.1 Å². The number of nitrogens with zero attached hydrogens (tertiary/aromatic N) is 3. The molecule has 5 nitrogen and oxygen atoms in total. The van der Waals surface area contributed by atoms with Crippen molar-refractivity contribution in [3.63, 3.8) is 0 Å². The highest BCUT2D eigenvalue weighted by molar-refractivity contribution is 5.99. The molecule has 0 unspecified atom stereocenters. The number of carbonyl (C=O) groups is 1. The summed E-state index contributed by atoms with van der Waals surface area (Å²) in [5.74, 6) is -0.149. The molecule has 0 atom stereocenters. The highest BCUT2D eigenvalue weighted by Gasteiger charge is 2.18. The van der Waals surface area contributed by atoms with Crippen molar-refractivity contribution >= 4 is 5.91 Å². The van der Waals surface area contributed by atoms with Crippen LogP contribution in [0.4, 0.5) is 0 Å². The van der Waals surface area contributed by atoms with Gasteiger partial charge in [0.25, 0.3) is 5.91 Å². The van der Waals surface area contributed by atoms with E-state index in [-0.39, 0.29) is 5.91 Å². The Bertz CT molecular complexity index is 1090. The lowest BCUT2D eigenvalue weighted by atomic mass is 10.1. The highest BCUT2D eigenvalue weighted by Crippen LogP contribution is 2.23. The molecule has 1 amide bonds. The maximum atomic E-state index is 13.0. The normalized spacial score (nSPS) is 10.7. The van der Waals surface area contributed by atoms with Crippen LogP contribution >= 0.6 is 0 Å². The molecule has 0 aliphatic heterocycles. The van der Waals surface area contributed by atoms with Gasteiger partial charge in [0.15, 0.2) is 0 Å². The van der Waals surface area contributed by atoms with E-state index in [0.717, 1.165) is 16.7 Å².